The van der Waals surface area contributed by atoms with Gasteiger partial charge in [0.1, 0.15) is 28.6 Å². The van der Waals surface area contributed by atoms with E-state index in [9.17, 15) is 13.6 Å². The van der Waals surface area contributed by atoms with Gasteiger partial charge in [0.2, 0.25) is 0 Å². The van der Waals surface area contributed by atoms with Crippen LogP contribution >= 0.6 is 11.6 Å². The van der Waals surface area contributed by atoms with Crippen LogP contribution in [-0.4, -0.2) is 44.6 Å². The smallest absolute Gasteiger partial charge is 0.410 e. The molecule has 0 unspecified atom stereocenters. The van der Waals surface area contributed by atoms with E-state index in [1.54, 1.807) is 17.2 Å². The molecule has 7 nitrogen and oxygen atoms in total. The molecule has 1 amide bonds. The number of likely N-dealkylation sites (tertiary alicyclic amines) is 1. The van der Waals surface area contributed by atoms with Gasteiger partial charge in [-0.2, -0.15) is 0 Å². The third-order valence-corrected chi connectivity index (χ3v) is 5.13. The molecule has 4 rings (SSSR count). The van der Waals surface area contributed by atoms with Gasteiger partial charge >= 0.3 is 6.09 Å². The number of hydrogen-bond acceptors (Lipinski definition) is 6. The zero-order chi connectivity index (χ0) is 22.3. The van der Waals surface area contributed by atoms with Crippen molar-refractivity contribution in [2.75, 3.05) is 18.4 Å². The van der Waals surface area contributed by atoms with Crippen LogP contribution in [0.5, 0.6) is 0 Å². The maximum Gasteiger partial charge on any atom is 0.410 e. The van der Waals surface area contributed by atoms with Crippen molar-refractivity contribution in [3.63, 3.8) is 0 Å². The summed E-state index contributed by atoms with van der Waals surface area (Å²) in [7, 11) is 0. The molecular weight excluding hydrogens is 428 g/mol. The molecule has 0 radical (unpaired) electrons. The summed E-state index contributed by atoms with van der Waals surface area (Å²) < 4.78 is 33.1. The molecular formula is C21H20ClF2N5O2. The normalized spacial score (nSPS) is 14.5. The Balaban J connectivity index is 1.56. The summed E-state index contributed by atoms with van der Waals surface area (Å²) in [5, 5.41) is 2.87. The summed E-state index contributed by atoms with van der Waals surface area (Å²) in [5.41, 5.74) is 0.741. The zero-order valence-electron chi connectivity index (χ0n) is 17.1. The number of nitrogens with one attached hydrogen (secondary N) is 1. The van der Waals surface area contributed by atoms with Crippen LogP contribution in [0.15, 0.2) is 30.7 Å². The monoisotopic (exact) mass is 447 g/mol. The van der Waals surface area contributed by atoms with E-state index in [0.29, 0.717) is 29.8 Å². The Morgan fingerprint density at radius 1 is 1.23 bits per heavy atom. The fourth-order valence-electron chi connectivity index (χ4n) is 3.19. The number of pyridine rings is 1. The Morgan fingerprint density at radius 3 is 2.68 bits per heavy atom. The molecule has 1 saturated heterocycles. The van der Waals surface area contributed by atoms with Gasteiger partial charge in [0, 0.05) is 30.1 Å². The predicted molar refractivity (Wildman–Crippen MR) is 113 cm³/mol. The van der Waals surface area contributed by atoms with Crippen LogP contribution in [-0.2, 0) is 4.74 Å². The number of carbonyl (C=O) groups is 1. The Hall–Kier alpha value is -3.07. The minimum Gasteiger partial charge on any atom is -0.444 e. The van der Waals surface area contributed by atoms with E-state index in [2.05, 4.69) is 20.3 Å². The fraction of sp³-hybridized carbons (Fsp3) is 0.333. The molecule has 10 heteroatoms. The molecule has 2 aromatic heterocycles. The average Bonchev–Trinajstić information content (AvgIpc) is 2.66. The Bertz CT molecular complexity index is 1160. The number of benzene rings is 1. The first-order valence-electron chi connectivity index (χ1n) is 9.61. The first kappa shape index (κ1) is 21.2. The van der Waals surface area contributed by atoms with Crippen molar-refractivity contribution >= 4 is 40.1 Å². The molecule has 0 aliphatic carbocycles. The average molecular weight is 448 g/mol. The highest BCUT2D eigenvalue weighted by Crippen LogP contribution is 2.32. The van der Waals surface area contributed by atoms with Crippen molar-refractivity contribution in [3.8, 4) is 0 Å². The summed E-state index contributed by atoms with van der Waals surface area (Å²) in [4.78, 5) is 26.6. The summed E-state index contributed by atoms with van der Waals surface area (Å²) in [6.45, 7) is 6.41. The Morgan fingerprint density at radius 2 is 1.97 bits per heavy atom. The van der Waals surface area contributed by atoms with Crippen LogP contribution in [0.1, 0.15) is 32.4 Å². The molecule has 0 bridgehead atoms. The highest BCUT2D eigenvalue weighted by molar-refractivity contribution is 6.31. The van der Waals surface area contributed by atoms with Crippen LogP contribution in [0, 0.1) is 11.6 Å². The summed E-state index contributed by atoms with van der Waals surface area (Å²) in [6, 6.07) is 4.12. The number of fused-ring (bicyclic) bond motifs is 1. The SMILES string of the molecule is CC(C)(C)OC(=O)N1CC(c2cc3c(Nc4ccc(F)c(Cl)c4F)ncnc3cn2)C1. The number of hydrogen-bond donors (Lipinski definition) is 1. The lowest BCUT2D eigenvalue weighted by atomic mass is 9.95. The zero-order valence-corrected chi connectivity index (χ0v) is 17.9. The summed E-state index contributed by atoms with van der Waals surface area (Å²) >= 11 is 5.66. The molecule has 0 atom stereocenters. The maximum absolute atomic E-state index is 14.3. The number of ether oxygens (including phenoxy) is 1. The van der Waals surface area contributed by atoms with Crippen molar-refractivity contribution in [1.29, 1.82) is 0 Å². The van der Waals surface area contributed by atoms with E-state index in [-0.39, 0.29) is 17.7 Å². The van der Waals surface area contributed by atoms with Gasteiger partial charge in [0.15, 0.2) is 5.82 Å². The van der Waals surface area contributed by atoms with Crippen molar-refractivity contribution in [1.82, 2.24) is 19.9 Å². The minimum absolute atomic E-state index is 0.00972. The molecule has 0 saturated carbocycles. The quantitative estimate of drug-likeness (QED) is 0.567. The third kappa shape index (κ3) is 4.36. The van der Waals surface area contributed by atoms with Gasteiger partial charge < -0.3 is 15.0 Å². The molecule has 1 aliphatic heterocycles. The molecule has 3 heterocycles. The second-order valence-electron chi connectivity index (χ2n) is 8.28. The number of nitrogens with zero attached hydrogens (tertiary/aromatic N) is 4. The summed E-state index contributed by atoms with van der Waals surface area (Å²) in [5.74, 6) is -1.39. The number of rotatable bonds is 3. The molecule has 3 aromatic rings. The second kappa shape index (κ2) is 7.88. The van der Waals surface area contributed by atoms with Crippen molar-refractivity contribution in [3.05, 3.63) is 53.1 Å². The van der Waals surface area contributed by atoms with Gasteiger partial charge in [-0.25, -0.2) is 23.5 Å². The van der Waals surface area contributed by atoms with Crippen molar-refractivity contribution in [2.45, 2.75) is 32.3 Å². The number of halogens is 3. The molecule has 1 aromatic carbocycles. The van der Waals surface area contributed by atoms with E-state index in [1.165, 1.54) is 12.4 Å². The van der Waals surface area contributed by atoms with E-state index < -0.39 is 22.3 Å². The van der Waals surface area contributed by atoms with Crippen LogP contribution < -0.4 is 5.32 Å². The molecule has 0 spiro atoms. The van der Waals surface area contributed by atoms with Gasteiger partial charge in [0.05, 0.1) is 17.4 Å². The largest absolute Gasteiger partial charge is 0.444 e. The maximum atomic E-state index is 14.3. The first-order chi connectivity index (χ1) is 14.6. The van der Waals surface area contributed by atoms with E-state index in [1.807, 2.05) is 20.8 Å². The Kier molecular flexibility index (Phi) is 5.38. The summed E-state index contributed by atoms with van der Waals surface area (Å²) in [6.07, 6.45) is 2.56. The molecule has 31 heavy (non-hydrogen) atoms. The van der Waals surface area contributed by atoms with Crippen LogP contribution in [0.2, 0.25) is 5.02 Å². The molecule has 1 N–H and O–H groups in total. The van der Waals surface area contributed by atoms with Gasteiger partial charge in [0.25, 0.3) is 0 Å². The van der Waals surface area contributed by atoms with E-state index in [4.69, 9.17) is 16.3 Å². The lowest BCUT2D eigenvalue weighted by Gasteiger charge is -2.39. The van der Waals surface area contributed by atoms with Gasteiger partial charge in [-0.3, -0.25) is 4.98 Å². The van der Waals surface area contributed by atoms with E-state index >= 15 is 0 Å². The van der Waals surface area contributed by atoms with Gasteiger partial charge in [-0.1, -0.05) is 11.6 Å². The number of carbonyl (C=O) groups excluding carboxylic acids is 1. The van der Waals surface area contributed by atoms with Crippen molar-refractivity contribution < 1.29 is 18.3 Å². The molecule has 1 aliphatic rings. The predicted octanol–water partition coefficient (Wildman–Crippen LogP) is 5.03. The molecule has 1 fully saturated rings. The highest BCUT2D eigenvalue weighted by Gasteiger charge is 2.35. The number of aromatic nitrogens is 3. The number of anilines is 2. The minimum atomic E-state index is -0.908. The van der Waals surface area contributed by atoms with Crippen LogP contribution in [0.3, 0.4) is 0 Å². The highest BCUT2D eigenvalue weighted by atomic mass is 35.5. The standard InChI is InChI=1S/C21H20ClF2N5O2/c1-21(2,3)31-20(30)29-8-11(9-29)15-6-12-16(7-25-15)26-10-27-19(12)28-14-5-4-13(23)17(22)18(14)24/h4-7,10-11H,8-9H2,1-3H3,(H,26,27,28). The topological polar surface area (TPSA) is 80.2 Å². The Labute approximate surface area is 182 Å². The molecule has 162 valence electrons. The number of amides is 1. The fourth-order valence-corrected chi connectivity index (χ4v) is 3.35. The van der Waals surface area contributed by atoms with Gasteiger partial charge in [-0.15, -0.1) is 0 Å². The lowest BCUT2D eigenvalue weighted by Crippen LogP contribution is -2.50. The van der Waals surface area contributed by atoms with Crippen molar-refractivity contribution in [2.24, 2.45) is 0 Å². The lowest BCUT2D eigenvalue weighted by molar-refractivity contribution is 0.00789. The first-order valence-corrected chi connectivity index (χ1v) is 9.99. The second-order valence-corrected chi connectivity index (χ2v) is 8.66. The third-order valence-electron chi connectivity index (χ3n) is 4.78. The van der Waals surface area contributed by atoms with Crippen LogP contribution in [0.4, 0.5) is 25.1 Å². The van der Waals surface area contributed by atoms with E-state index in [0.717, 1.165) is 11.8 Å². The van der Waals surface area contributed by atoms with Gasteiger partial charge in [-0.05, 0) is 39.0 Å². The van der Waals surface area contributed by atoms with Crippen LogP contribution in [0.25, 0.3) is 10.9 Å².